The van der Waals surface area contributed by atoms with Gasteiger partial charge in [0.15, 0.2) is 0 Å². The van der Waals surface area contributed by atoms with Crippen molar-refractivity contribution < 1.29 is 17.6 Å². The van der Waals surface area contributed by atoms with Gasteiger partial charge in [0.1, 0.15) is 17.5 Å². The minimum absolute atomic E-state index is 0.249. The third-order valence-electron chi connectivity index (χ3n) is 5.26. The van der Waals surface area contributed by atoms with Gasteiger partial charge in [0.05, 0.1) is 11.1 Å². The molecule has 1 aliphatic heterocycles. The number of hydrogen-bond donors (Lipinski definition) is 0. The summed E-state index contributed by atoms with van der Waals surface area (Å²) >= 11 is 0. The molecule has 0 amide bonds. The van der Waals surface area contributed by atoms with Crippen molar-refractivity contribution >= 4 is 16.7 Å². The van der Waals surface area contributed by atoms with E-state index < -0.39 is 17.6 Å². The predicted molar refractivity (Wildman–Crippen MR) is 95.5 cm³/mol. The van der Waals surface area contributed by atoms with Crippen LogP contribution in [0, 0.1) is 5.82 Å². The van der Waals surface area contributed by atoms with E-state index >= 15 is 0 Å². The van der Waals surface area contributed by atoms with E-state index in [9.17, 15) is 17.6 Å². The summed E-state index contributed by atoms with van der Waals surface area (Å²) in [5, 5.41) is 0.577. The van der Waals surface area contributed by atoms with Gasteiger partial charge in [-0.1, -0.05) is 0 Å². The fourth-order valence-corrected chi connectivity index (χ4v) is 3.63. The third kappa shape index (κ3) is 3.06. The van der Waals surface area contributed by atoms with Crippen molar-refractivity contribution in [1.82, 2.24) is 15.0 Å². The second-order valence-corrected chi connectivity index (χ2v) is 7.34. The monoisotopic (exact) mass is 388 g/mol. The molecule has 0 atom stereocenters. The maximum absolute atomic E-state index is 13.9. The summed E-state index contributed by atoms with van der Waals surface area (Å²) in [6, 6.07) is 5.53. The molecule has 0 radical (unpaired) electrons. The van der Waals surface area contributed by atoms with E-state index in [1.165, 1.54) is 12.1 Å². The van der Waals surface area contributed by atoms with Gasteiger partial charge in [0.2, 0.25) is 0 Å². The number of nitrogens with zero attached hydrogens (tertiary/aromatic N) is 4. The Morgan fingerprint density at radius 2 is 1.89 bits per heavy atom. The van der Waals surface area contributed by atoms with Crippen LogP contribution >= 0.6 is 0 Å². The van der Waals surface area contributed by atoms with Crippen LogP contribution in [0.25, 0.3) is 10.9 Å². The van der Waals surface area contributed by atoms with Crippen LogP contribution in [-0.4, -0.2) is 21.5 Å². The van der Waals surface area contributed by atoms with Crippen molar-refractivity contribution in [2.24, 2.45) is 0 Å². The van der Waals surface area contributed by atoms with E-state index in [0.717, 1.165) is 30.9 Å². The molecule has 2 aliphatic rings. The van der Waals surface area contributed by atoms with E-state index in [1.807, 2.05) is 4.90 Å². The van der Waals surface area contributed by atoms with E-state index in [2.05, 4.69) is 15.0 Å². The molecule has 0 bridgehead atoms. The van der Waals surface area contributed by atoms with Gasteiger partial charge in [-0.3, -0.25) is 4.98 Å². The van der Waals surface area contributed by atoms with Gasteiger partial charge in [0, 0.05) is 42.7 Å². The van der Waals surface area contributed by atoms with Gasteiger partial charge >= 0.3 is 6.18 Å². The molecule has 1 aromatic carbocycles. The smallest absolute Gasteiger partial charge is 0.351 e. The molecule has 1 aliphatic carbocycles. The maximum atomic E-state index is 13.9. The SMILES string of the molecule is Fc1ccc2nc(C3CC3)nc(N3CCc4ncc(C(F)(F)F)cc4C3)c2c1. The number of hydrogen-bond acceptors (Lipinski definition) is 4. The second kappa shape index (κ2) is 6.12. The first-order valence-corrected chi connectivity index (χ1v) is 9.15. The second-order valence-electron chi connectivity index (χ2n) is 7.34. The molecule has 2 aromatic heterocycles. The minimum Gasteiger partial charge on any atom is -0.351 e. The highest BCUT2D eigenvalue weighted by molar-refractivity contribution is 5.89. The van der Waals surface area contributed by atoms with Gasteiger partial charge < -0.3 is 4.90 Å². The number of pyridine rings is 1. The molecule has 144 valence electrons. The topological polar surface area (TPSA) is 41.9 Å². The van der Waals surface area contributed by atoms with E-state index in [1.54, 1.807) is 6.07 Å². The van der Waals surface area contributed by atoms with Crippen LogP contribution < -0.4 is 4.90 Å². The van der Waals surface area contributed by atoms with Gasteiger partial charge in [0.25, 0.3) is 0 Å². The number of benzene rings is 1. The van der Waals surface area contributed by atoms with E-state index in [-0.39, 0.29) is 6.54 Å². The molecule has 0 spiro atoms. The van der Waals surface area contributed by atoms with Crippen molar-refractivity contribution in [3.05, 3.63) is 58.9 Å². The molecule has 1 saturated carbocycles. The first-order chi connectivity index (χ1) is 13.4. The highest BCUT2D eigenvalue weighted by Gasteiger charge is 2.33. The lowest BCUT2D eigenvalue weighted by molar-refractivity contribution is -0.137. The zero-order chi connectivity index (χ0) is 19.5. The lowest BCUT2D eigenvalue weighted by Crippen LogP contribution is -2.32. The van der Waals surface area contributed by atoms with Gasteiger partial charge in [-0.2, -0.15) is 13.2 Å². The Balaban J connectivity index is 1.58. The van der Waals surface area contributed by atoms with Crippen molar-refractivity contribution in [1.29, 1.82) is 0 Å². The Bertz CT molecular complexity index is 1080. The molecule has 0 N–H and O–H groups in total. The molecule has 8 heteroatoms. The lowest BCUT2D eigenvalue weighted by Gasteiger charge is -2.30. The first kappa shape index (κ1) is 17.3. The summed E-state index contributed by atoms with van der Waals surface area (Å²) < 4.78 is 53.1. The number of alkyl halides is 3. The molecule has 28 heavy (non-hydrogen) atoms. The zero-order valence-corrected chi connectivity index (χ0v) is 14.8. The largest absolute Gasteiger partial charge is 0.417 e. The fourth-order valence-electron chi connectivity index (χ4n) is 3.63. The van der Waals surface area contributed by atoms with Crippen molar-refractivity contribution in [2.75, 3.05) is 11.4 Å². The van der Waals surface area contributed by atoms with Crippen molar-refractivity contribution in [2.45, 2.75) is 37.9 Å². The quantitative estimate of drug-likeness (QED) is 0.601. The number of rotatable bonds is 2. The summed E-state index contributed by atoms with van der Waals surface area (Å²) in [6.07, 6.45) is -1.00. The minimum atomic E-state index is -4.44. The van der Waals surface area contributed by atoms with Crippen LogP contribution in [-0.2, 0) is 19.1 Å². The van der Waals surface area contributed by atoms with Crippen LogP contribution in [0.2, 0.25) is 0 Å². The van der Waals surface area contributed by atoms with Crippen LogP contribution in [0.4, 0.5) is 23.4 Å². The Kier molecular flexibility index (Phi) is 3.79. The Labute approximate surface area is 158 Å². The lowest BCUT2D eigenvalue weighted by atomic mass is 10.0. The molecular formula is C20H16F4N4. The van der Waals surface area contributed by atoms with E-state index in [0.29, 0.717) is 46.9 Å². The summed E-state index contributed by atoms with van der Waals surface area (Å²) in [5.41, 5.74) is 1.08. The molecule has 0 unspecified atom stereocenters. The highest BCUT2D eigenvalue weighted by Crippen LogP contribution is 2.40. The number of aromatic nitrogens is 3. The number of anilines is 1. The summed E-state index contributed by atoms with van der Waals surface area (Å²) in [7, 11) is 0. The van der Waals surface area contributed by atoms with Crippen LogP contribution in [0.3, 0.4) is 0 Å². The molecule has 5 rings (SSSR count). The highest BCUT2D eigenvalue weighted by atomic mass is 19.4. The van der Waals surface area contributed by atoms with Crippen LogP contribution in [0.5, 0.6) is 0 Å². The number of fused-ring (bicyclic) bond motifs is 2. The van der Waals surface area contributed by atoms with Gasteiger partial charge in [-0.05, 0) is 42.7 Å². The summed E-state index contributed by atoms with van der Waals surface area (Å²) in [5.74, 6) is 1.22. The Morgan fingerprint density at radius 3 is 2.64 bits per heavy atom. The molecule has 4 nitrogen and oxygen atoms in total. The zero-order valence-electron chi connectivity index (χ0n) is 14.8. The molecule has 0 saturated heterocycles. The van der Waals surface area contributed by atoms with Gasteiger partial charge in [-0.25, -0.2) is 14.4 Å². The normalized spacial score (nSPS) is 17.1. The van der Waals surface area contributed by atoms with Gasteiger partial charge in [-0.15, -0.1) is 0 Å². The molecule has 3 heterocycles. The Hall–Kier alpha value is -2.77. The fraction of sp³-hybridized carbons (Fsp3) is 0.350. The summed E-state index contributed by atoms with van der Waals surface area (Å²) in [4.78, 5) is 15.1. The molecule has 1 fully saturated rings. The van der Waals surface area contributed by atoms with Crippen molar-refractivity contribution in [3.63, 3.8) is 0 Å². The summed E-state index contributed by atoms with van der Waals surface area (Å²) in [6.45, 7) is 0.803. The van der Waals surface area contributed by atoms with Crippen LogP contribution in [0.15, 0.2) is 30.5 Å². The van der Waals surface area contributed by atoms with Crippen molar-refractivity contribution in [3.8, 4) is 0 Å². The molecular weight excluding hydrogens is 372 g/mol. The predicted octanol–water partition coefficient (Wildman–Crippen LogP) is 4.62. The first-order valence-electron chi connectivity index (χ1n) is 9.15. The molecule has 3 aromatic rings. The number of halogens is 4. The average Bonchev–Trinajstić information content (AvgIpc) is 3.51. The maximum Gasteiger partial charge on any atom is 0.417 e. The van der Waals surface area contributed by atoms with Crippen LogP contribution in [0.1, 0.15) is 41.4 Å². The Morgan fingerprint density at radius 1 is 1.07 bits per heavy atom. The third-order valence-corrected chi connectivity index (χ3v) is 5.26. The standard InChI is InChI=1S/C20H16F4N4/c21-14-3-4-17-15(8-14)19(27-18(26-17)11-1-2-11)28-6-5-16-12(10-28)7-13(9-25-16)20(22,23)24/h3-4,7-9,11H,1-2,5-6,10H2. The van der Waals surface area contributed by atoms with E-state index in [4.69, 9.17) is 0 Å². The average molecular weight is 388 g/mol.